The Bertz CT molecular complexity index is 873. The molecule has 0 spiro atoms. The van der Waals surface area contributed by atoms with Gasteiger partial charge in [0, 0.05) is 12.2 Å². The monoisotopic (exact) mass is 350 g/mol. The fourth-order valence-corrected chi connectivity index (χ4v) is 2.87. The van der Waals surface area contributed by atoms with Gasteiger partial charge in [0.25, 0.3) is 0 Å². The molecule has 134 valence electrons. The zero-order valence-electron chi connectivity index (χ0n) is 14.6. The Morgan fingerprint density at radius 3 is 2.54 bits per heavy atom. The summed E-state index contributed by atoms with van der Waals surface area (Å²) in [4.78, 5) is 12.0. The van der Waals surface area contributed by atoms with Gasteiger partial charge < -0.3 is 20.5 Å². The number of hydrogen-bond acceptors (Lipinski definition) is 3. The number of anilines is 1. The molecule has 3 aromatic rings. The molecular formula is C21H22N2O3. The maximum Gasteiger partial charge on any atom is 0.319 e. The van der Waals surface area contributed by atoms with Crippen molar-refractivity contribution in [2.45, 2.75) is 12.5 Å². The molecule has 0 saturated heterocycles. The molecule has 0 aromatic heterocycles. The van der Waals surface area contributed by atoms with Crippen molar-refractivity contribution in [1.29, 1.82) is 0 Å². The van der Waals surface area contributed by atoms with Crippen LogP contribution in [-0.4, -0.2) is 24.8 Å². The maximum atomic E-state index is 12.0. The van der Waals surface area contributed by atoms with Gasteiger partial charge in [-0.15, -0.1) is 0 Å². The van der Waals surface area contributed by atoms with E-state index >= 15 is 0 Å². The minimum Gasteiger partial charge on any atom is -0.497 e. The first-order valence-electron chi connectivity index (χ1n) is 8.52. The lowest BCUT2D eigenvalue weighted by atomic mass is 9.99. The number of ether oxygens (including phenoxy) is 1. The second kappa shape index (κ2) is 8.36. The van der Waals surface area contributed by atoms with Gasteiger partial charge in [-0.05, 0) is 47.0 Å². The van der Waals surface area contributed by atoms with Crippen molar-refractivity contribution in [3.05, 3.63) is 72.3 Å². The van der Waals surface area contributed by atoms with Crippen LogP contribution in [0.5, 0.6) is 5.75 Å². The standard InChI is InChI=1S/C21H22N2O3/c1-26-17-11-9-16(10-12-17)23-21(25)22-14-13-20(24)19-8-4-6-15-5-2-3-7-18(15)19/h2-12,20,24H,13-14H2,1H3,(H2,22,23,25). The van der Waals surface area contributed by atoms with E-state index in [0.29, 0.717) is 18.7 Å². The second-order valence-corrected chi connectivity index (χ2v) is 5.98. The third-order valence-electron chi connectivity index (χ3n) is 4.23. The molecule has 0 radical (unpaired) electrons. The topological polar surface area (TPSA) is 70.6 Å². The molecule has 5 heteroatoms. The van der Waals surface area contributed by atoms with Gasteiger partial charge in [0.1, 0.15) is 5.75 Å². The molecule has 0 heterocycles. The average Bonchev–Trinajstić information content (AvgIpc) is 2.68. The summed E-state index contributed by atoms with van der Waals surface area (Å²) >= 11 is 0. The summed E-state index contributed by atoms with van der Waals surface area (Å²) < 4.78 is 5.08. The third kappa shape index (κ3) is 4.32. The summed E-state index contributed by atoms with van der Waals surface area (Å²) in [5, 5.41) is 18.1. The van der Waals surface area contributed by atoms with Crippen LogP contribution in [0.3, 0.4) is 0 Å². The number of benzene rings is 3. The molecule has 0 fully saturated rings. The lowest BCUT2D eigenvalue weighted by Gasteiger charge is -2.14. The summed E-state index contributed by atoms with van der Waals surface area (Å²) in [6, 6.07) is 20.6. The second-order valence-electron chi connectivity index (χ2n) is 5.98. The minimum atomic E-state index is -0.637. The fourth-order valence-electron chi connectivity index (χ4n) is 2.87. The Labute approximate surface area is 152 Å². The van der Waals surface area contributed by atoms with Crippen LogP contribution in [0.15, 0.2) is 66.7 Å². The van der Waals surface area contributed by atoms with Crippen molar-refractivity contribution >= 4 is 22.5 Å². The van der Waals surface area contributed by atoms with Crippen molar-refractivity contribution in [3.63, 3.8) is 0 Å². The predicted octanol–water partition coefficient (Wildman–Crippen LogP) is 4.09. The van der Waals surface area contributed by atoms with Crippen LogP contribution < -0.4 is 15.4 Å². The minimum absolute atomic E-state index is 0.305. The van der Waals surface area contributed by atoms with Gasteiger partial charge in [0.05, 0.1) is 13.2 Å². The average molecular weight is 350 g/mol. The molecule has 3 N–H and O–H groups in total. The number of carbonyl (C=O) groups is 1. The smallest absolute Gasteiger partial charge is 0.319 e. The number of aliphatic hydroxyl groups excluding tert-OH is 1. The molecule has 1 unspecified atom stereocenters. The zero-order valence-corrected chi connectivity index (χ0v) is 14.6. The number of methoxy groups -OCH3 is 1. The molecule has 0 aliphatic heterocycles. The molecule has 0 saturated carbocycles. The van der Waals surface area contributed by atoms with Crippen molar-refractivity contribution in [2.24, 2.45) is 0 Å². The van der Waals surface area contributed by atoms with E-state index in [1.165, 1.54) is 0 Å². The molecule has 3 rings (SSSR count). The first-order valence-corrected chi connectivity index (χ1v) is 8.52. The molecule has 5 nitrogen and oxygen atoms in total. The van der Waals surface area contributed by atoms with Crippen LogP contribution in [0.1, 0.15) is 18.1 Å². The van der Waals surface area contributed by atoms with Gasteiger partial charge in [-0.1, -0.05) is 42.5 Å². The molecule has 0 bridgehead atoms. The molecule has 2 amide bonds. The van der Waals surface area contributed by atoms with E-state index < -0.39 is 6.10 Å². The highest BCUT2D eigenvalue weighted by Crippen LogP contribution is 2.25. The van der Waals surface area contributed by atoms with Crippen LogP contribution in [0, 0.1) is 0 Å². The normalized spacial score (nSPS) is 11.8. The maximum absolute atomic E-state index is 12.0. The number of aliphatic hydroxyl groups is 1. The van der Waals surface area contributed by atoms with Crippen LogP contribution in [0.25, 0.3) is 10.8 Å². The van der Waals surface area contributed by atoms with Gasteiger partial charge >= 0.3 is 6.03 Å². The SMILES string of the molecule is COc1ccc(NC(=O)NCCC(O)c2cccc3ccccc23)cc1. The van der Waals surface area contributed by atoms with Gasteiger partial charge in [0.2, 0.25) is 0 Å². The Morgan fingerprint density at radius 1 is 1.04 bits per heavy atom. The fraction of sp³-hybridized carbons (Fsp3) is 0.190. The van der Waals surface area contributed by atoms with Crippen molar-refractivity contribution in [1.82, 2.24) is 5.32 Å². The van der Waals surface area contributed by atoms with Crippen molar-refractivity contribution in [3.8, 4) is 5.75 Å². The van der Waals surface area contributed by atoms with Gasteiger partial charge in [-0.2, -0.15) is 0 Å². The number of carbonyl (C=O) groups excluding carboxylic acids is 1. The van der Waals surface area contributed by atoms with Gasteiger partial charge in [-0.25, -0.2) is 4.79 Å². The van der Waals surface area contributed by atoms with E-state index in [2.05, 4.69) is 10.6 Å². The number of nitrogens with one attached hydrogen (secondary N) is 2. The van der Waals surface area contributed by atoms with E-state index in [4.69, 9.17) is 4.74 Å². The van der Waals surface area contributed by atoms with E-state index in [1.54, 1.807) is 31.4 Å². The van der Waals surface area contributed by atoms with Crippen molar-refractivity contribution < 1.29 is 14.6 Å². The molecule has 0 aliphatic rings. The first-order chi connectivity index (χ1) is 12.7. The van der Waals surface area contributed by atoms with E-state index in [0.717, 1.165) is 22.1 Å². The summed E-state index contributed by atoms with van der Waals surface area (Å²) in [7, 11) is 1.59. The summed E-state index contributed by atoms with van der Waals surface area (Å²) in [5.74, 6) is 0.731. The molecule has 1 atom stereocenters. The Hall–Kier alpha value is -3.05. The number of amides is 2. The zero-order chi connectivity index (χ0) is 18.4. The van der Waals surface area contributed by atoms with Crippen LogP contribution >= 0.6 is 0 Å². The largest absolute Gasteiger partial charge is 0.497 e. The highest BCUT2D eigenvalue weighted by atomic mass is 16.5. The number of rotatable bonds is 6. The lowest BCUT2D eigenvalue weighted by molar-refractivity contribution is 0.169. The number of urea groups is 1. The molecule has 3 aromatic carbocycles. The summed E-state index contributed by atoms with van der Waals surface area (Å²) in [5.41, 5.74) is 1.55. The Morgan fingerprint density at radius 2 is 1.77 bits per heavy atom. The van der Waals surface area contributed by atoms with E-state index in [-0.39, 0.29) is 6.03 Å². The highest BCUT2D eigenvalue weighted by molar-refractivity contribution is 5.89. The van der Waals surface area contributed by atoms with Gasteiger partial charge in [0.15, 0.2) is 0 Å². The van der Waals surface area contributed by atoms with Crippen LogP contribution in [-0.2, 0) is 0 Å². The quantitative estimate of drug-likeness (QED) is 0.627. The Kier molecular flexibility index (Phi) is 5.71. The first kappa shape index (κ1) is 17.8. The predicted molar refractivity (Wildman–Crippen MR) is 104 cm³/mol. The van der Waals surface area contributed by atoms with Crippen molar-refractivity contribution in [2.75, 3.05) is 19.0 Å². The van der Waals surface area contributed by atoms with E-state index in [1.807, 2.05) is 42.5 Å². The third-order valence-corrected chi connectivity index (χ3v) is 4.23. The molecule has 0 aliphatic carbocycles. The number of fused-ring (bicyclic) bond motifs is 1. The summed E-state index contributed by atoms with van der Waals surface area (Å²) in [6.07, 6.45) is -0.202. The Balaban J connectivity index is 1.52. The summed E-state index contributed by atoms with van der Waals surface area (Å²) in [6.45, 7) is 0.367. The van der Waals surface area contributed by atoms with Gasteiger partial charge in [-0.3, -0.25) is 0 Å². The number of hydrogen-bond donors (Lipinski definition) is 3. The lowest BCUT2D eigenvalue weighted by Crippen LogP contribution is -2.30. The molecule has 26 heavy (non-hydrogen) atoms. The molecular weight excluding hydrogens is 328 g/mol. The van der Waals surface area contributed by atoms with Crippen LogP contribution in [0.2, 0.25) is 0 Å². The highest BCUT2D eigenvalue weighted by Gasteiger charge is 2.11. The van der Waals surface area contributed by atoms with Crippen LogP contribution in [0.4, 0.5) is 10.5 Å². The van der Waals surface area contributed by atoms with E-state index in [9.17, 15) is 9.90 Å².